The summed E-state index contributed by atoms with van der Waals surface area (Å²) < 4.78 is 27.6. The molecule has 17 heavy (non-hydrogen) atoms. The molecule has 0 heterocycles. The third kappa shape index (κ3) is 3.39. The normalized spacial score (nSPS) is 12.2. The number of hydrogen-bond donors (Lipinski definition) is 0. The third-order valence-electron chi connectivity index (χ3n) is 2.89. The summed E-state index contributed by atoms with van der Waals surface area (Å²) in [5.41, 5.74) is -0.261. The van der Waals surface area contributed by atoms with Crippen LogP contribution in [0.25, 0.3) is 0 Å². The fourth-order valence-corrected chi connectivity index (χ4v) is 1.84. The summed E-state index contributed by atoms with van der Waals surface area (Å²) in [4.78, 5) is 1.83. The van der Waals surface area contributed by atoms with Crippen LogP contribution < -0.4 is 0 Å². The van der Waals surface area contributed by atoms with E-state index in [2.05, 4.69) is 15.9 Å². The van der Waals surface area contributed by atoms with Crippen molar-refractivity contribution >= 4 is 27.5 Å². The maximum Gasteiger partial charge on any atom is 0.144 e. The summed E-state index contributed by atoms with van der Waals surface area (Å²) >= 11 is 8.88. The second kappa shape index (κ2) is 5.63. The lowest BCUT2D eigenvalue weighted by atomic mass is 10.0. The number of alkyl halides is 1. The Balaban J connectivity index is 3.00. The molecular formula is C12H15BrClF2N. The highest BCUT2D eigenvalue weighted by Crippen LogP contribution is 2.25. The van der Waals surface area contributed by atoms with E-state index in [1.807, 2.05) is 18.7 Å². The lowest BCUT2D eigenvalue weighted by molar-refractivity contribution is 0.166. The van der Waals surface area contributed by atoms with Crippen molar-refractivity contribution in [1.29, 1.82) is 0 Å². The fourth-order valence-electron chi connectivity index (χ4n) is 1.27. The highest BCUT2D eigenvalue weighted by molar-refractivity contribution is 9.10. The molecule has 0 bridgehead atoms. The molecule has 1 rings (SSSR count). The van der Waals surface area contributed by atoms with Crippen LogP contribution in [0.1, 0.15) is 19.4 Å². The Bertz CT molecular complexity index is 410. The zero-order valence-corrected chi connectivity index (χ0v) is 12.4. The van der Waals surface area contributed by atoms with Crippen LogP contribution in [0, 0.1) is 11.6 Å². The van der Waals surface area contributed by atoms with Crippen molar-refractivity contribution in [3.8, 4) is 0 Å². The average molecular weight is 327 g/mol. The van der Waals surface area contributed by atoms with Crippen molar-refractivity contribution in [3.05, 3.63) is 33.8 Å². The van der Waals surface area contributed by atoms with E-state index in [1.165, 1.54) is 12.1 Å². The monoisotopic (exact) mass is 325 g/mol. The van der Waals surface area contributed by atoms with Crippen molar-refractivity contribution in [2.45, 2.75) is 25.9 Å². The van der Waals surface area contributed by atoms with Gasteiger partial charge in [-0.25, -0.2) is 8.78 Å². The molecule has 1 nitrogen and oxygen atoms in total. The van der Waals surface area contributed by atoms with Gasteiger partial charge in [0.1, 0.15) is 11.6 Å². The van der Waals surface area contributed by atoms with E-state index >= 15 is 0 Å². The summed E-state index contributed by atoms with van der Waals surface area (Å²) in [7, 11) is 1.79. The zero-order valence-electron chi connectivity index (χ0n) is 10.0. The number of benzene rings is 1. The Labute approximate surface area is 114 Å². The number of rotatable bonds is 4. The van der Waals surface area contributed by atoms with Gasteiger partial charge >= 0.3 is 0 Å². The molecule has 0 radical (unpaired) electrons. The average Bonchev–Trinajstić information content (AvgIpc) is 2.29. The van der Waals surface area contributed by atoms with Gasteiger partial charge in [-0.1, -0.05) is 0 Å². The van der Waals surface area contributed by atoms with Gasteiger partial charge in [0, 0.05) is 23.5 Å². The van der Waals surface area contributed by atoms with Gasteiger partial charge in [0.05, 0.1) is 4.47 Å². The summed E-state index contributed by atoms with van der Waals surface area (Å²) in [6.07, 6.45) is 0. The molecule has 0 N–H and O–H groups in total. The van der Waals surface area contributed by atoms with Gasteiger partial charge < -0.3 is 0 Å². The third-order valence-corrected chi connectivity index (χ3v) is 4.16. The van der Waals surface area contributed by atoms with Crippen molar-refractivity contribution in [3.63, 3.8) is 0 Å². The standard InChI is InChI=1S/C12H15BrClF2N/c1-12(2,7-14)17(3)6-8-10(15)5-4-9(13)11(8)16/h4-5H,6-7H2,1-3H3. The smallest absolute Gasteiger partial charge is 0.144 e. The molecule has 0 aliphatic rings. The molecule has 0 fully saturated rings. The van der Waals surface area contributed by atoms with E-state index in [0.717, 1.165) is 0 Å². The summed E-state index contributed by atoms with van der Waals surface area (Å²) in [5, 5.41) is 0. The first-order valence-electron chi connectivity index (χ1n) is 5.19. The Morgan fingerprint density at radius 3 is 2.47 bits per heavy atom. The van der Waals surface area contributed by atoms with E-state index in [1.54, 1.807) is 7.05 Å². The predicted octanol–water partition coefficient (Wildman–Crippen LogP) is 4.18. The van der Waals surface area contributed by atoms with Crippen molar-refractivity contribution in [2.24, 2.45) is 0 Å². The summed E-state index contributed by atoms with van der Waals surface area (Å²) in [5.74, 6) is -0.703. The Hall–Kier alpha value is -0.190. The molecule has 96 valence electrons. The van der Waals surface area contributed by atoms with Crippen LogP contribution in [0.4, 0.5) is 8.78 Å². The van der Waals surface area contributed by atoms with Gasteiger partial charge in [-0.2, -0.15) is 0 Å². The van der Waals surface area contributed by atoms with Gasteiger partial charge in [-0.05, 0) is 49.0 Å². The molecule has 0 aromatic heterocycles. The second-order valence-electron chi connectivity index (χ2n) is 4.62. The lowest BCUT2D eigenvalue weighted by Crippen LogP contribution is -2.42. The number of halogens is 4. The van der Waals surface area contributed by atoms with E-state index < -0.39 is 11.6 Å². The minimum atomic E-state index is -0.553. The van der Waals surface area contributed by atoms with Crippen molar-refractivity contribution in [1.82, 2.24) is 4.90 Å². The molecule has 0 aliphatic carbocycles. The molecule has 0 spiro atoms. The first-order valence-corrected chi connectivity index (χ1v) is 6.52. The van der Waals surface area contributed by atoms with Crippen LogP contribution >= 0.6 is 27.5 Å². The maximum absolute atomic E-state index is 13.8. The SMILES string of the molecule is CN(Cc1c(F)ccc(Br)c1F)C(C)(C)CCl. The quantitative estimate of drug-likeness (QED) is 0.593. The predicted molar refractivity (Wildman–Crippen MR) is 70.3 cm³/mol. The molecule has 0 amide bonds. The van der Waals surface area contributed by atoms with Gasteiger partial charge in [-0.3, -0.25) is 4.90 Å². The molecule has 0 saturated carbocycles. The van der Waals surface area contributed by atoms with Crippen LogP contribution in [0.5, 0.6) is 0 Å². The molecule has 1 aromatic carbocycles. The van der Waals surface area contributed by atoms with Gasteiger partial charge in [0.15, 0.2) is 0 Å². The summed E-state index contributed by atoms with van der Waals surface area (Å²) in [6, 6.07) is 2.62. The first kappa shape index (κ1) is 14.9. The minimum absolute atomic E-state index is 0.0556. The van der Waals surface area contributed by atoms with E-state index in [4.69, 9.17) is 11.6 Å². The van der Waals surface area contributed by atoms with Gasteiger partial charge in [0.2, 0.25) is 0 Å². The lowest BCUT2D eigenvalue weighted by Gasteiger charge is -2.34. The van der Waals surface area contributed by atoms with Gasteiger partial charge in [-0.15, -0.1) is 11.6 Å². The van der Waals surface area contributed by atoms with Crippen molar-refractivity contribution < 1.29 is 8.78 Å². The van der Waals surface area contributed by atoms with Crippen LogP contribution in [-0.4, -0.2) is 23.4 Å². The van der Waals surface area contributed by atoms with Crippen LogP contribution in [-0.2, 0) is 6.54 Å². The van der Waals surface area contributed by atoms with Crippen LogP contribution in [0.15, 0.2) is 16.6 Å². The molecule has 0 atom stereocenters. The molecule has 0 saturated heterocycles. The Morgan fingerprint density at radius 1 is 1.35 bits per heavy atom. The Morgan fingerprint density at radius 2 is 1.94 bits per heavy atom. The second-order valence-corrected chi connectivity index (χ2v) is 5.75. The van der Waals surface area contributed by atoms with E-state index in [0.29, 0.717) is 5.88 Å². The minimum Gasteiger partial charge on any atom is -0.296 e. The topological polar surface area (TPSA) is 3.24 Å². The van der Waals surface area contributed by atoms with Crippen molar-refractivity contribution in [2.75, 3.05) is 12.9 Å². The highest BCUT2D eigenvalue weighted by Gasteiger charge is 2.24. The molecular weight excluding hydrogens is 311 g/mol. The Kier molecular flexibility index (Phi) is 4.93. The maximum atomic E-state index is 13.8. The van der Waals surface area contributed by atoms with Gasteiger partial charge in [0.25, 0.3) is 0 Å². The zero-order chi connectivity index (χ0) is 13.2. The number of hydrogen-bond acceptors (Lipinski definition) is 1. The molecule has 1 aromatic rings. The largest absolute Gasteiger partial charge is 0.296 e. The first-order chi connectivity index (χ1) is 7.79. The fraction of sp³-hybridized carbons (Fsp3) is 0.500. The molecule has 5 heteroatoms. The van der Waals surface area contributed by atoms with E-state index in [-0.39, 0.29) is 22.1 Å². The summed E-state index contributed by atoms with van der Waals surface area (Å²) in [6.45, 7) is 4.03. The van der Waals surface area contributed by atoms with Crippen LogP contribution in [0.2, 0.25) is 0 Å². The van der Waals surface area contributed by atoms with Crippen LogP contribution in [0.3, 0.4) is 0 Å². The molecule has 0 aliphatic heterocycles. The number of nitrogens with zero attached hydrogens (tertiary/aromatic N) is 1. The van der Waals surface area contributed by atoms with E-state index in [9.17, 15) is 8.78 Å². The highest BCUT2D eigenvalue weighted by atomic mass is 79.9. The molecule has 0 unspecified atom stereocenters.